The van der Waals surface area contributed by atoms with E-state index in [1.807, 2.05) is 30.3 Å². The van der Waals surface area contributed by atoms with Gasteiger partial charge in [-0.1, -0.05) is 35.9 Å². The zero-order valence-electron chi connectivity index (χ0n) is 12.1. The number of methoxy groups -OCH3 is 1. The van der Waals surface area contributed by atoms with E-state index in [1.54, 1.807) is 30.2 Å². The van der Waals surface area contributed by atoms with Gasteiger partial charge >= 0.3 is 0 Å². The standard InChI is InChI=1S/C17H15ClN2O2/c1-22-15-8-3-2-7-14(15)17(21)20-10-9-19-16(20)12-5-4-6-13(18)11-12/h2-8,11H,9-10H2,1H3. The summed E-state index contributed by atoms with van der Waals surface area (Å²) in [5.74, 6) is 1.09. The van der Waals surface area contributed by atoms with Crippen molar-refractivity contribution in [1.82, 2.24) is 4.90 Å². The third-order valence-corrected chi connectivity index (χ3v) is 3.74. The molecule has 112 valence electrons. The average molecular weight is 315 g/mol. The van der Waals surface area contributed by atoms with E-state index in [0.717, 1.165) is 5.56 Å². The molecule has 3 rings (SSSR count). The number of aliphatic imine (C=N–C) groups is 1. The number of para-hydroxylation sites is 1. The first-order chi connectivity index (χ1) is 10.7. The van der Waals surface area contributed by atoms with Crippen LogP contribution in [0, 0.1) is 0 Å². The number of nitrogens with zero attached hydrogens (tertiary/aromatic N) is 2. The van der Waals surface area contributed by atoms with E-state index in [0.29, 0.717) is 35.3 Å². The van der Waals surface area contributed by atoms with Crippen LogP contribution in [0.25, 0.3) is 0 Å². The summed E-state index contributed by atoms with van der Waals surface area (Å²) in [6, 6.07) is 14.6. The lowest BCUT2D eigenvalue weighted by Gasteiger charge is -2.20. The number of carbonyl (C=O) groups is 1. The molecule has 0 atom stereocenters. The third kappa shape index (κ3) is 2.70. The molecule has 4 nitrogen and oxygen atoms in total. The Labute approximate surface area is 134 Å². The van der Waals surface area contributed by atoms with Crippen LogP contribution in [-0.4, -0.2) is 36.8 Å². The van der Waals surface area contributed by atoms with E-state index in [-0.39, 0.29) is 5.91 Å². The highest BCUT2D eigenvalue weighted by atomic mass is 35.5. The summed E-state index contributed by atoms with van der Waals surface area (Å²) < 4.78 is 5.28. The zero-order chi connectivity index (χ0) is 15.5. The van der Waals surface area contributed by atoms with Gasteiger partial charge in [0.2, 0.25) is 0 Å². The molecule has 1 aliphatic heterocycles. The van der Waals surface area contributed by atoms with Crippen molar-refractivity contribution in [2.45, 2.75) is 0 Å². The van der Waals surface area contributed by atoms with Crippen LogP contribution in [0.4, 0.5) is 0 Å². The van der Waals surface area contributed by atoms with Crippen LogP contribution in [0.15, 0.2) is 53.5 Å². The Hall–Kier alpha value is -2.33. The molecule has 1 heterocycles. The number of carbonyl (C=O) groups excluding carboxylic acids is 1. The van der Waals surface area contributed by atoms with Crippen molar-refractivity contribution < 1.29 is 9.53 Å². The number of rotatable bonds is 3. The van der Waals surface area contributed by atoms with Crippen molar-refractivity contribution in [3.63, 3.8) is 0 Å². The fourth-order valence-electron chi connectivity index (χ4n) is 2.49. The first-order valence-corrected chi connectivity index (χ1v) is 7.34. The third-order valence-electron chi connectivity index (χ3n) is 3.51. The smallest absolute Gasteiger partial charge is 0.263 e. The Morgan fingerprint density at radius 3 is 2.82 bits per heavy atom. The molecule has 5 heteroatoms. The molecule has 0 unspecified atom stereocenters. The van der Waals surface area contributed by atoms with Crippen LogP contribution in [0.2, 0.25) is 5.02 Å². The van der Waals surface area contributed by atoms with E-state index in [1.165, 1.54) is 0 Å². The van der Waals surface area contributed by atoms with Crippen molar-refractivity contribution in [2.75, 3.05) is 20.2 Å². The SMILES string of the molecule is COc1ccccc1C(=O)N1CCN=C1c1cccc(Cl)c1. The normalized spacial score (nSPS) is 13.9. The minimum Gasteiger partial charge on any atom is -0.496 e. The average Bonchev–Trinajstić information content (AvgIpc) is 3.03. The highest BCUT2D eigenvalue weighted by Gasteiger charge is 2.27. The number of amidine groups is 1. The van der Waals surface area contributed by atoms with Gasteiger partial charge in [0.05, 0.1) is 19.2 Å². The maximum atomic E-state index is 12.8. The molecule has 2 aromatic carbocycles. The van der Waals surface area contributed by atoms with Crippen LogP contribution in [-0.2, 0) is 0 Å². The molecular formula is C17H15ClN2O2. The summed E-state index contributed by atoms with van der Waals surface area (Å²) in [6.45, 7) is 1.14. The van der Waals surface area contributed by atoms with Crippen molar-refractivity contribution in [3.05, 3.63) is 64.7 Å². The van der Waals surface area contributed by atoms with Gasteiger partial charge in [-0.15, -0.1) is 0 Å². The van der Waals surface area contributed by atoms with Gasteiger partial charge in [0.1, 0.15) is 11.6 Å². The second kappa shape index (κ2) is 6.20. The highest BCUT2D eigenvalue weighted by molar-refractivity contribution is 6.31. The number of ether oxygens (including phenoxy) is 1. The molecule has 0 aliphatic carbocycles. The molecule has 0 spiro atoms. The fraction of sp³-hybridized carbons (Fsp3) is 0.176. The fourth-order valence-corrected chi connectivity index (χ4v) is 2.68. The van der Waals surface area contributed by atoms with Crippen LogP contribution < -0.4 is 4.74 Å². The number of halogens is 1. The van der Waals surface area contributed by atoms with Crippen LogP contribution >= 0.6 is 11.6 Å². The number of amides is 1. The summed E-state index contributed by atoms with van der Waals surface area (Å²) in [4.78, 5) is 19.0. The molecule has 1 amide bonds. The van der Waals surface area contributed by atoms with E-state index in [4.69, 9.17) is 16.3 Å². The van der Waals surface area contributed by atoms with Crippen molar-refractivity contribution in [3.8, 4) is 5.75 Å². The summed E-state index contributed by atoms with van der Waals surface area (Å²) in [5, 5.41) is 0.622. The summed E-state index contributed by atoms with van der Waals surface area (Å²) in [6.07, 6.45) is 0. The topological polar surface area (TPSA) is 41.9 Å². The Bertz CT molecular complexity index is 743. The number of hydrogen-bond acceptors (Lipinski definition) is 3. The summed E-state index contributed by atoms with van der Waals surface area (Å²) in [7, 11) is 1.56. The van der Waals surface area contributed by atoms with E-state index in [2.05, 4.69) is 4.99 Å². The molecular weight excluding hydrogens is 300 g/mol. The van der Waals surface area contributed by atoms with Gasteiger partial charge in [-0.2, -0.15) is 0 Å². The summed E-state index contributed by atoms with van der Waals surface area (Å²) >= 11 is 6.04. The maximum absolute atomic E-state index is 12.8. The van der Waals surface area contributed by atoms with Gasteiger partial charge in [0, 0.05) is 17.1 Å². The summed E-state index contributed by atoms with van der Waals surface area (Å²) in [5.41, 5.74) is 1.37. The zero-order valence-corrected chi connectivity index (χ0v) is 12.9. The Balaban J connectivity index is 1.94. The minimum absolute atomic E-state index is 0.117. The quantitative estimate of drug-likeness (QED) is 0.872. The molecule has 0 saturated heterocycles. The maximum Gasteiger partial charge on any atom is 0.263 e. The second-order valence-corrected chi connectivity index (χ2v) is 5.31. The molecule has 0 aromatic heterocycles. The first kappa shape index (κ1) is 14.6. The largest absolute Gasteiger partial charge is 0.496 e. The predicted molar refractivity (Wildman–Crippen MR) is 86.9 cm³/mol. The lowest BCUT2D eigenvalue weighted by atomic mass is 10.1. The molecule has 0 bridgehead atoms. The Morgan fingerprint density at radius 2 is 2.05 bits per heavy atom. The lowest BCUT2D eigenvalue weighted by molar-refractivity contribution is 0.0855. The number of hydrogen-bond donors (Lipinski definition) is 0. The van der Waals surface area contributed by atoms with Crippen LogP contribution in [0.5, 0.6) is 5.75 Å². The molecule has 0 N–H and O–H groups in total. The van der Waals surface area contributed by atoms with Gasteiger partial charge in [-0.05, 0) is 24.3 Å². The Kier molecular flexibility index (Phi) is 4.11. The molecule has 2 aromatic rings. The molecule has 0 radical (unpaired) electrons. The van der Waals surface area contributed by atoms with Gasteiger partial charge in [-0.25, -0.2) is 0 Å². The van der Waals surface area contributed by atoms with Gasteiger partial charge in [-0.3, -0.25) is 14.7 Å². The van der Waals surface area contributed by atoms with Crippen molar-refractivity contribution in [1.29, 1.82) is 0 Å². The molecule has 0 saturated carbocycles. The highest BCUT2D eigenvalue weighted by Crippen LogP contribution is 2.23. The number of benzene rings is 2. The Morgan fingerprint density at radius 1 is 1.23 bits per heavy atom. The van der Waals surface area contributed by atoms with Gasteiger partial charge in [0.25, 0.3) is 5.91 Å². The lowest BCUT2D eigenvalue weighted by Crippen LogP contribution is -2.35. The monoisotopic (exact) mass is 314 g/mol. The van der Waals surface area contributed by atoms with Gasteiger partial charge in [0.15, 0.2) is 0 Å². The van der Waals surface area contributed by atoms with E-state index >= 15 is 0 Å². The van der Waals surface area contributed by atoms with Crippen LogP contribution in [0.3, 0.4) is 0 Å². The van der Waals surface area contributed by atoms with Crippen molar-refractivity contribution in [2.24, 2.45) is 4.99 Å². The van der Waals surface area contributed by atoms with Crippen LogP contribution in [0.1, 0.15) is 15.9 Å². The second-order valence-electron chi connectivity index (χ2n) is 4.87. The minimum atomic E-state index is -0.117. The molecule has 22 heavy (non-hydrogen) atoms. The predicted octanol–water partition coefficient (Wildman–Crippen LogP) is 3.25. The van der Waals surface area contributed by atoms with Crippen molar-refractivity contribution >= 4 is 23.3 Å². The van der Waals surface area contributed by atoms with E-state index in [9.17, 15) is 4.79 Å². The first-order valence-electron chi connectivity index (χ1n) is 6.96. The molecule has 0 fully saturated rings. The van der Waals surface area contributed by atoms with E-state index < -0.39 is 0 Å². The molecule has 1 aliphatic rings. The van der Waals surface area contributed by atoms with Gasteiger partial charge < -0.3 is 4.74 Å².